The molecule has 7 nitrogen and oxygen atoms in total. The first-order valence-corrected chi connectivity index (χ1v) is 8.20. The predicted octanol–water partition coefficient (Wildman–Crippen LogP) is 2.63. The molecule has 0 unspecified atom stereocenters. The number of rotatable bonds is 10. The van der Waals surface area contributed by atoms with Crippen LogP contribution in [0.3, 0.4) is 0 Å². The van der Waals surface area contributed by atoms with E-state index in [2.05, 4.69) is 14.1 Å². The molecule has 26 heavy (non-hydrogen) atoms. The van der Waals surface area contributed by atoms with E-state index in [0.29, 0.717) is 18.1 Å². The van der Waals surface area contributed by atoms with Crippen molar-refractivity contribution in [3.05, 3.63) is 36.4 Å². The van der Waals surface area contributed by atoms with Gasteiger partial charge in [0, 0.05) is 10.8 Å². The summed E-state index contributed by atoms with van der Waals surface area (Å²) >= 11 is -0.748. The quantitative estimate of drug-likeness (QED) is 0.202. The maximum Gasteiger partial charge on any atom is 0.415 e. The van der Waals surface area contributed by atoms with Crippen LogP contribution >= 0.6 is 12.0 Å². The van der Waals surface area contributed by atoms with Gasteiger partial charge in [0.2, 0.25) is 0 Å². The molecule has 0 aliphatic heterocycles. The van der Waals surface area contributed by atoms with Crippen molar-refractivity contribution in [1.82, 2.24) is 0 Å². The Hall–Kier alpha value is -2.14. The van der Waals surface area contributed by atoms with Gasteiger partial charge in [0.1, 0.15) is 36.8 Å². The summed E-state index contributed by atoms with van der Waals surface area (Å²) in [6, 6.07) is 10.8. The molecule has 10 heteroatoms. The second-order valence-corrected chi connectivity index (χ2v) is 5.58. The molecule has 0 heterocycles. The second kappa shape index (κ2) is 9.53. The third kappa shape index (κ3) is 5.18. The lowest BCUT2D eigenvalue weighted by Gasteiger charge is -2.15. The highest BCUT2D eigenvalue weighted by molar-refractivity contribution is 7.96. The van der Waals surface area contributed by atoms with Crippen LogP contribution in [0.15, 0.2) is 36.4 Å². The normalized spacial score (nSPS) is 11.4. The predicted molar refractivity (Wildman–Crippen MR) is 86.3 cm³/mol. The Labute approximate surface area is 151 Å². The number of hydrogen-bond donors (Lipinski definition) is 0. The number of hydrogen-bond acceptors (Lipinski definition) is 8. The fourth-order valence-electron chi connectivity index (χ4n) is 2.12. The maximum atomic E-state index is 13.2. The van der Waals surface area contributed by atoms with Crippen LogP contribution < -0.4 is 14.7 Å². The van der Waals surface area contributed by atoms with Crippen LogP contribution in [-0.2, 0) is 18.9 Å². The van der Waals surface area contributed by atoms with E-state index in [9.17, 15) is 18.8 Å². The molecule has 0 aliphatic rings. The van der Waals surface area contributed by atoms with E-state index in [4.69, 9.17) is 9.47 Å². The number of carbonyl (C=O) groups excluding carboxylic acids is 1. The molecule has 0 fully saturated rings. The van der Waals surface area contributed by atoms with Gasteiger partial charge in [-0.15, -0.1) is 0 Å². The van der Waals surface area contributed by atoms with Gasteiger partial charge in [-0.1, -0.05) is 24.3 Å². The van der Waals surface area contributed by atoms with Crippen LogP contribution in [0.25, 0.3) is 10.8 Å². The molecule has 2 aromatic rings. The standard InChI is InChI=1S/C16H16F2O7S/c1-2-21-13-7-3-6-12-11(13)5-4-8-14(12)22-9-10-23-15(19)16(17,18)26-25-24-20/h3-8,20H,2,9-10H2,1H3/p-1. The number of halogens is 2. The summed E-state index contributed by atoms with van der Waals surface area (Å²) in [6.07, 6.45) is 0. The summed E-state index contributed by atoms with van der Waals surface area (Å²) in [5, 5.41) is 9.83. The Balaban J connectivity index is 1.94. The number of fused-ring (bicyclic) bond motifs is 1. The van der Waals surface area contributed by atoms with E-state index >= 15 is 0 Å². The molecule has 0 aliphatic carbocycles. The van der Waals surface area contributed by atoms with Crippen LogP contribution in [0.1, 0.15) is 6.92 Å². The maximum absolute atomic E-state index is 13.2. The van der Waals surface area contributed by atoms with E-state index in [1.54, 1.807) is 18.2 Å². The molecule has 142 valence electrons. The Bertz CT molecular complexity index is 742. The topological polar surface area (TPSA) is 86.3 Å². The average molecular weight is 389 g/mol. The Morgan fingerprint density at radius 2 is 1.69 bits per heavy atom. The van der Waals surface area contributed by atoms with Crippen molar-refractivity contribution < 1.29 is 42.4 Å². The third-order valence-corrected chi connectivity index (χ3v) is 3.62. The zero-order chi connectivity index (χ0) is 19.0. The Morgan fingerprint density at radius 1 is 1.08 bits per heavy atom. The van der Waals surface area contributed by atoms with Crippen molar-refractivity contribution in [2.45, 2.75) is 12.2 Å². The van der Waals surface area contributed by atoms with E-state index in [-0.39, 0.29) is 6.61 Å². The van der Waals surface area contributed by atoms with Crippen molar-refractivity contribution in [1.29, 1.82) is 0 Å². The molecule has 0 aromatic heterocycles. The summed E-state index contributed by atoms with van der Waals surface area (Å²) in [4.78, 5) is 11.2. The fraction of sp³-hybridized carbons (Fsp3) is 0.312. The Morgan fingerprint density at radius 3 is 2.27 bits per heavy atom. The number of ether oxygens (including phenoxy) is 3. The van der Waals surface area contributed by atoms with Crippen molar-refractivity contribution in [3.8, 4) is 11.5 Å². The smallest absolute Gasteiger partial charge is 0.415 e. The largest absolute Gasteiger partial charge is 0.691 e. The van der Waals surface area contributed by atoms with E-state index < -0.39 is 29.9 Å². The average Bonchev–Trinajstić information content (AvgIpc) is 2.64. The zero-order valence-electron chi connectivity index (χ0n) is 13.6. The fourth-order valence-corrected chi connectivity index (χ4v) is 2.36. The lowest BCUT2D eigenvalue weighted by molar-refractivity contribution is -0.777. The summed E-state index contributed by atoms with van der Waals surface area (Å²) in [6.45, 7) is 1.81. The summed E-state index contributed by atoms with van der Waals surface area (Å²) in [5.74, 6) is -0.692. The third-order valence-electron chi connectivity index (χ3n) is 3.12. The lowest BCUT2D eigenvalue weighted by Crippen LogP contribution is -2.29. The number of benzene rings is 2. The van der Waals surface area contributed by atoms with Crippen LogP contribution in [0, 0.1) is 0 Å². The molecular weight excluding hydrogens is 374 g/mol. The van der Waals surface area contributed by atoms with Crippen molar-refractivity contribution in [2.24, 2.45) is 0 Å². The highest BCUT2D eigenvalue weighted by atomic mass is 32.2. The minimum absolute atomic E-state index is 0.149. The molecule has 0 saturated carbocycles. The SMILES string of the molecule is CCOc1cccc2c(OCCOC(=O)C(F)(F)SOO[O-])cccc12. The highest BCUT2D eigenvalue weighted by Gasteiger charge is 2.43. The van der Waals surface area contributed by atoms with Crippen LogP contribution in [0.5, 0.6) is 11.5 Å². The molecule has 0 amide bonds. The van der Waals surface area contributed by atoms with Gasteiger partial charge in [-0.25, -0.2) is 4.79 Å². The zero-order valence-corrected chi connectivity index (χ0v) is 14.4. The molecule has 0 saturated heterocycles. The van der Waals surface area contributed by atoms with Gasteiger partial charge in [-0.05, 0) is 19.1 Å². The van der Waals surface area contributed by atoms with Gasteiger partial charge in [0.05, 0.1) is 6.61 Å². The molecule has 0 atom stereocenters. The van der Waals surface area contributed by atoms with Gasteiger partial charge in [-0.3, -0.25) is 5.04 Å². The van der Waals surface area contributed by atoms with Gasteiger partial charge in [0.15, 0.2) is 0 Å². The monoisotopic (exact) mass is 389 g/mol. The Kier molecular flexibility index (Phi) is 7.39. The summed E-state index contributed by atoms with van der Waals surface area (Å²) < 4.78 is 45.2. The minimum atomic E-state index is -4.07. The first-order valence-electron chi connectivity index (χ1n) is 7.46. The number of carbonyl (C=O) groups is 1. The van der Waals surface area contributed by atoms with Gasteiger partial charge in [0.25, 0.3) is 0 Å². The van der Waals surface area contributed by atoms with Crippen molar-refractivity contribution in [3.63, 3.8) is 0 Å². The van der Waals surface area contributed by atoms with Crippen LogP contribution in [0.4, 0.5) is 8.78 Å². The van der Waals surface area contributed by atoms with Crippen molar-refractivity contribution >= 4 is 28.8 Å². The summed E-state index contributed by atoms with van der Waals surface area (Å²) in [7, 11) is 0. The van der Waals surface area contributed by atoms with E-state index in [1.807, 2.05) is 25.1 Å². The van der Waals surface area contributed by atoms with Gasteiger partial charge >= 0.3 is 11.2 Å². The lowest BCUT2D eigenvalue weighted by atomic mass is 10.1. The molecule has 2 rings (SSSR count). The molecule has 0 bridgehead atoms. The minimum Gasteiger partial charge on any atom is -0.691 e. The summed E-state index contributed by atoms with van der Waals surface area (Å²) in [5.41, 5.74) is 0. The number of alkyl halides is 2. The first-order chi connectivity index (χ1) is 12.5. The second-order valence-electron chi connectivity index (χ2n) is 4.76. The molecule has 0 radical (unpaired) electrons. The molecule has 2 aromatic carbocycles. The number of esters is 1. The molecule has 0 N–H and O–H groups in total. The highest BCUT2D eigenvalue weighted by Crippen LogP contribution is 2.33. The van der Waals surface area contributed by atoms with E-state index in [1.165, 1.54) is 0 Å². The van der Waals surface area contributed by atoms with Crippen molar-refractivity contribution in [2.75, 3.05) is 19.8 Å². The van der Waals surface area contributed by atoms with Gasteiger partial charge < -0.3 is 19.5 Å². The van der Waals surface area contributed by atoms with E-state index in [0.717, 1.165) is 10.8 Å². The molecule has 0 spiro atoms. The van der Waals surface area contributed by atoms with Gasteiger partial charge in [-0.2, -0.15) is 13.1 Å². The molecular formula is C16H15F2O7S-. The van der Waals surface area contributed by atoms with Crippen LogP contribution in [-0.4, -0.2) is 31.0 Å². The van der Waals surface area contributed by atoms with Crippen LogP contribution in [0.2, 0.25) is 0 Å². The first kappa shape index (κ1) is 20.2.